The first kappa shape index (κ1) is 5.39. The quantitative estimate of drug-likeness (QED) is 0.315. The lowest BCUT2D eigenvalue weighted by Gasteiger charge is -1.96. The van der Waals surface area contributed by atoms with Crippen LogP contribution in [-0.2, 0) is 9.53 Å². The largest absolute Gasteiger partial charge is 0.436 e. The molecule has 0 heterocycles. The molecule has 0 saturated carbocycles. The van der Waals surface area contributed by atoms with Crippen LogP contribution in [0.2, 0.25) is 0 Å². The van der Waals surface area contributed by atoms with E-state index in [2.05, 4.69) is 4.74 Å². The molecule has 0 unspecified atom stereocenters. The Morgan fingerprint density at radius 2 is 2.17 bits per heavy atom. The molecule has 0 aromatic rings. The third-order valence-electron chi connectivity index (χ3n) is 0.213. The molecule has 0 saturated heterocycles. The third kappa shape index (κ3) is 3.39. The first-order chi connectivity index (χ1) is 2.77. The smallest absolute Gasteiger partial charge is 0.295 e. The Bertz CT molecular complexity index is 44.8. The van der Waals surface area contributed by atoms with Crippen LogP contribution in [0.5, 0.6) is 0 Å². The summed E-state index contributed by atoms with van der Waals surface area (Å²) in [5, 5.41) is 0. The molecule has 4 nitrogen and oxygen atoms in total. The van der Waals surface area contributed by atoms with E-state index in [1.54, 1.807) is 0 Å². The molecule has 0 radical (unpaired) electrons. The van der Waals surface area contributed by atoms with Gasteiger partial charge in [0.2, 0.25) is 6.35 Å². The summed E-state index contributed by atoms with van der Waals surface area (Å²) in [6.45, 7) is 0.199. The lowest BCUT2D eigenvalue weighted by Crippen LogP contribution is -2.32. The van der Waals surface area contributed by atoms with Crippen molar-refractivity contribution in [2.24, 2.45) is 11.5 Å². The summed E-state index contributed by atoms with van der Waals surface area (Å²) >= 11 is 0. The van der Waals surface area contributed by atoms with Gasteiger partial charge in [-0.05, 0) is 0 Å². The molecule has 4 heteroatoms. The van der Waals surface area contributed by atoms with Crippen molar-refractivity contribution in [1.29, 1.82) is 0 Å². The van der Waals surface area contributed by atoms with E-state index < -0.39 is 6.35 Å². The van der Waals surface area contributed by atoms with Crippen LogP contribution in [0.1, 0.15) is 0 Å². The minimum atomic E-state index is -0.970. The van der Waals surface area contributed by atoms with Crippen LogP contribution in [0.25, 0.3) is 0 Å². The molecule has 0 spiro atoms. The summed E-state index contributed by atoms with van der Waals surface area (Å²) in [6.07, 6.45) is -0.970. The average molecular weight is 90.1 g/mol. The van der Waals surface area contributed by atoms with Gasteiger partial charge in [-0.2, -0.15) is 0 Å². The molecule has 6 heavy (non-hydrogen) atoms. The summed E-state index contributed by atoms with van der Waals surface area (Å²) in [4.78, 5) is 9.23. The van der Waals surface area contributed by atoms with Gasteiger partial charge in [-0.3, -0.25) is 16.3 Å². The number of carbonyl (C=O) groups is 1. The maximum Gasteiger partial charge on any atom is 0.295 e. The van der Waals surface area contributed by atoms with E-state index in [1.807, 2.05) is 0 Å². The van der Waals surface area contributed by atoms with Crippen LogP contribution in [0.3, 0.4) is 0 Å². The minimum Gasteiger partial charge on any atom is -0.436 e. The highest BCUT2D eigenvalue weighted by molar-refractivity contribution is 5.37. The zero-order chi connectivity index (χ0) is 4.99. The minimum absolute atomic E-state index is 0.199. The summed E-state index contributed by atoms with van der Waals surface area (Å²) in [5.74, 6) is 0. The van der Waals surface area contributed by atoms with Crippen molar-refractivity contribution < 1.29 is 9.53 Å². The Hall–Kier alpha value is -0.610. The predicted molar refractivity (Wildman–Crippen MR) is 19.3 cm³/mol. The molecular formula is C2H6N2O2. The molecule has 0 aliphatic carbocycles. The van der Waals surface area contributed by atoms with Crippen LogP contribution < -0.4 is 11.5 Å². The van der Waals surface area contributed by atoms with Gasteiger partial charge in [0, 0.05) is 0 Å². The highest BCUT2D eigenvalue weighted by Crippen LogP contribution is 1.57. The summed E-state index contributed by atoms with van der Waals surface area (Å²) < 4.78 is 3.92. The molecule has 36 valence electrons. The molecule has 4 N–H and O–H groups in total. The standard InChI is InChI=1S/C2H6N2O2/c3-2(4)6-1-5/h1-2H,3-4H2. The van der Waals surface area contributed by atoms with Gasteiger partial charge in [0.15, 0.2) is 0 Å². The monoisotopic (exact) mass is 90.0 g/mol. The normalized spacial score (nSPS) is 8.50. The van der Waals surface area contributed by atoms with Gasteiger partial charge in [-0.15, -0.1) is 0 Å². The fourth-order valence-electron chi connectivity index (χ4n) is 0.0642. The SMILES string of the molecule is NC(N)OC=O. The van der Waals surface area contributed by atoms with Gasteiger partial charge in [0.1, 0.15) is 0 Å². The van der Waals surface area contributed by atoms with Crippen molar-refractivity contribution in [3.8, 4) is 0 Å². The first-order valence-corrected chi connectivity index (χ1v) is 1.37. The summed E-state index contributed by atoms with van der Waals surface area (Å²) in [5.41, 5.74) is 9.45. The molecule has 0 aliphatic rings. The summed E-state index contributed by atoms with van der Waals surface area (Å²) in [7, 11) is 0. The van der Waals surface area contributed by atoms with E-state index in [1.165, 1.54) is 0 Å². The molecule has 0 rings (SSSR count). The van der Waals surface area contributed by atoms with Crippen molar-refractivity contribution in [3.63, 3.8) is 0 Å². The molecule has 0 bridgehead atoms. The molecule has 0 amide bonds. The van der Waals surface area contributed by atoms with E-state index in [4.69, 9.17) is 11.5 Å². The molecule has 0 fully saturated rings. The molecule has 0 aromatic heterocycles. The van der Waals surface area contributed by atoms with Crippen molar-refractivity contribution >= 4 is 6.47 Å². The van der Waals surface area contributed by atoms with Gasteiger partial charge in [0.05, 0.1) is 0 Å². The average Bonchev–Trinajstić information content (AvgIpc) is 1.35. The number of rotatable bonds is 2. The van der Waals surface area contributed by atoms with Crippen LogP contribution >= 0.6 is 0 Å². The Morgan fingerprint density at radius 3 is 2.17 bits per heavy atom. The number of carbonyl (C=O) groups excluding carboxylic acids is 1. The fraction of sp³-hybridized carbons (Fsp3) is 0.500. The van der Waals surface area contributed by atoms with Crippen LogP contribution in [0, 0.1) is 0 Å². The molecule has 0 aromatic carbocycles. The van der Waals surface area contributed by atoms with Crippen molar-refractivity contribution in [1.82, 2.24) is 0 Å². The van der Waals surface area contributed by atoms with Crippen molar-refractivity contribution in [2.75, 3.05) is 0 Å². The molecular weight excluding hydrogens is 84.0 g/mol. The second kappa shape index (κ2) is 2.62. The van der Waals surface area contributed by atoms with Gasteiger partial charge >= 0.3 is 0 Å². The van der Waals surface area contributed by atoms with Crippen LogP contribution in [0.15, 0.2) is 0 Å². The highest BCUT2D eigenvalue weighted by atomic mass is 16.5. The highest BCUT2D eigenvalue weighted by Gasteiger charge is 1.83. The second-order valence-corrected chi connectivity index (χ2v) is 0.697. The van der Waals surface area contributed by atoms with Gasteiger partial charge in [0.25, 0.3) is 6.47 Å². The molecule has 0 atom stereocenters. The Labute approximate surface area is 35.1 Å². The first-order valence-electron chi connectivity index (χ1n) is 1.37. The summed E-state index contributed by atoms with van der Waals surface area (Å²) in [6, 6.07) is 0. The Kier molecular flexibility index (Phi) is 2.35. The third-order valence-corrected chi connectivity index (χ3v) is 0.213. The Balaban J connectivity index is 2.81. The topological polar surface area (TPSA) is 78.3 Å². The number of ether oxygens (including phenoxy) is 1. The number of hydrogen-bond acceptors (Lipinski definition) is 4. The van der Waals surface area contributed by atoms with Crippen molar-refractivity contribution in [3.05, 3.63) is 0 Å². The van der Waals surface area contributed by atoms with E-state index >= 15 is 0 Å². The van der Waals surface area contributed by atoms with Gasteiger partial charge in [-0.1, -0.05) is 0 Å². The lowest BCUT2D eigenvalue weighted by molar-refractivity contribution is -0.132. The van der Waals surface area contributed by atoms with E-state index in [0.717, 1.165) is 0 Å². The number of hydrogen-bond donors (Lipinski definition) is 2. The van der Waals surface area contributed by atoms with E-state index in [-0.39, 0.29) is 6.47 Å². The van der Waals surface area contributed by atoms with E-state index in [9.17, 15) is 4.79 Å². The van der Waals surface area contributed by atoms with Crippen LogP contribution in [0.4, 0.5) is 0 Å². The molecule has 0 aliphatic heterocycles. The van der Waals surface area contributed by atoms with Crippen molar-refractivity contribution in [2.45, 2.75) is 6.35 Å². The van der Waals surface area contributed by atoms with Gasteiger partial charge in [-0.25, -0.2) is 0 Å². The van der Waals surface area contributed by atoms with E-state index in [0.29, 0.717) is 0 Å². The fourth-order valence-corrected chi connectivity index (χ4v) is 0.0642. The number of nitrogens with two attached hydrogens (primary N) is 2. The Morgan fingerprint density at radius 1 is 1.67 bits per heavy atom. The van der Waals surface area contributed by atoms with Crippen LogP contribution in [-0.4, -0.2) is 12.8 Å². The zero-order valence-electron chi connectivity index (χ0n) is 3.13. The van der Waals surface area contributed by atoms with Gasteiger partial charge < -0.3 is 4.74 Å². The zero-order valence-corrected chi connectivity index (χ0v) is 3.13. The maximum absolute atomic E-state index is 9.23. The predicted octanol–water partition coefficient (Wildman–Crippen LogP) is -1.64. The second-order valence-electron chi connectivity index (χ2n) is 0.697. The lowest BCUT2D eigenvalue weighted by atomic mass is 11.1. The maximum atomic E-state index is 9.23.